The molecule has 2 rings (SSSR count). The van der Waals surface area contributed by atoms with Crippen LogP contribution in [0.15, 0.2) is 24.3 Å². The molecule has 1 saturated carbocycles. The number of anilines is 1. The topological polar surface area (TPSA) is 35.6 Å². The van der Waals surface area contributed by atoms with Gasteiger partial charge in [-0.2, -0.15) is 0 Å². The van der Waals surface area contributed by atoms with Crippen molar-refractivity contribution >= 4 is 11.6 Å². The maximum atomic E-state index is 12.1. The maximum absolute atomic E-state index is 12.1. The normalized spacial score (nSPS) is 14.2. The second-order valence-corrected chi connectivity index (χ2v) is 5.62. The van der Waals surface area contributed by atoms with Crippen molar-refractivity contribution in [2.24, 2.45) is 0 Å². The van der Waals surface area contributed by atoms with Crippen molar-refractivity contribution in [2.45, 2.75) is 32.4 Å². The molecule has 1 aliphatic rings. The molecule has 0 unspecified atom stereocenters. The molecule has 0 spiro atoms. The van der Waals surface area contributed by atoms with E-state index in [1.807, 2.05) is 25.9 Å². The minimum absolute atomic E-state index is 0.191. The van der Waals surface area contributed by atoms with E-state index in [9.17, 15) is 4.79 Å². The largest absolute Gasteiger partial charge is 0.378 e. The van der Waals surface area contributed by atoms with E-state index in [4.69, 9.17) is 0 Å². The van der Waals surface area contributed by atoms with Gasteiger partial charge < -0.3 is 15.1 Å². The monoisotopic (exact) mass is 275 g/mol. The molecule has 1 aromatic carbocycles. The number of carbonyl (C=O) groups is 1. The highest BCUT2D eigenvalue weighted by Crippen LogP contribution is 2.18. The van der Waals surface area contributed by atoms with Gasteiger partial charge in [0.15, 0.2) is 0 Å². The molecule has 4 nitrogen and oxygen atoms in total. The standard InChI is InChI=1S/C16H25N3O/c1-4-19(16(20)11-17-14-7-8-14)12-13-5-9-15(10-6-13)18(2)3/h5-6,9-10,14,17H,4,7-8,11-12H2,1-3H3. The number of hydrogen-bond acceptors (Lipinski definition) is 3. The van der Waals surface area contributed by atoms with Crippen LogP contribution in [0.5, 0.6) is 0 Å². The van der Waals surface area contributed by atoms with E-state index in [1.165, 1.54) is 24.1 Å². The minimum Gasteiger partial charge on any atom is -0.378 e. The number of likely N-dealkylation sites (N-methyl/N-ethyl adjacent to an activating group) is 1. The van der Waals surface area contributed by atoms with Crippen molar-refractivity contribution < 1.29 is 4.79 Å². The lowest BCUT2D eigenvalue weighted by atomic mass is 10.2. The molecule has 0 aromatic heterocycles. The van der Waals surface area contributed by atoms with Gasteiger partial charge in [-0.25, -0.2) is 0 Å². The summed E-state index contributed by atoms with van der Waals surface area (Å²) in [7, 11) is 4.06. The zero-order valence-electron chi connectivity index (χ0n) is 12.7. The molecule has 0 radical (unpaired) electrons. The smallest absolute Gasteiger partial charge is 0.236 e. The van der Waals surface area contributed by atoms with Gasteiger partial charge in [-0.05, 0) is 37.5 Å². The molecule has 110 valence electrons. The zero-order chi connectivity index (χ0) is 14.5. The van der Waals surface area contributed by atoms with Crippen molar-refractivity contribution in [3.05, 3.63) is 29.8 Å². The molecule has 0 bridgehead atoms. The van der Waals surface area contributed by atoms with Crippen molar-refractivity contribution in [3.63, 3.8) is 0 Å². The van der Waals surface area contributed by atoms with Crippen LogP contribution in [0.3, 0.4) is 0 Å². The highest BCUT2D eigenvalue weighted by Gasteiger charge is 2.22. The zero-order valence-corrected chi connectivity index (χ0v) is 12.7. The molecule has 0 heterocycles. The molecule has 1 aliphatic carbocycles. The van der Waals surface area contributed by atoms with E-state index < -0.39 is 0 Å². The summed E-state index contributed by atoms with van der Waals surface area (Å²) in [5.74, 6) is 0.191. The fourth-order valence-electron chi connectivity index (χ4n) is 2.13. The summed E-state index contributed by atoms with van der Waals surface area (Å²) in [6.07, 6.45) is 2.43. The number of rotatable bonds is 7. The number of nitrogens with one attached hydrogen (secondary N) is 1. The fraction of sp³-hybridized carbons (Fsp3) is 0.562. The number of hydrogen-bond donors (Lipinski definition) is 1. The van der Waals surface area contributed by atoms with Gasteiger partial charge in [-0.3, -0.25) is 4.79 Å². The first kappa shape index (κ1) is 14.9. The summed E-state index contributed by atoms with van der Waals surface area (Å²) in [5.41, 5.74) is 2.36. The van der Waals surface area contributed by atoms with Gasteiger partial charge in [0.1, 0.15) is 0 Å². The van der Waals surface area contributed by atoms with Crippen molar-refractivity contribution in [2.75, 3.05) is 32.1 Å². The number of nitrogens with zero attached hydrogens (tertiary/aromatic N) is 2. The van der Waals surface area contributed by atoms with E-state index in [-0.39, 0.29) is 5.91 Å². The molecule has 20 heavy (non-hydrogen) atoms. The summed E-state index contributed by atoms with van der Waals surface area (Å²) < 4.78 is 0. The second-order valence-electron chi connectivity index (χ2n) is 5.62. The van der Waals surface area contributed by atoms with Gasteiger partial charge in [-0.15, -0.1) is 0 Å². The third-order valence-electron chi connectivity index (χ3n) is 3.68. The highest BCUT2D eigenvalue weighted by molar-refractivity contribution is 5.78. The fourth-order valence-corrected chi connectivity index (χ4v) is 2.13. The molecule has 0 atom stereocenters. The average Bonchev–Trinajstić information content (AvgIpc) is 3.26. The molecule has 1 N–H and O–H groups in total. The Balaban J connectivity index is 1.88. The Morgan fingerprint density at radius 3 is 2.40 bits per heavy atom. The number of carbonyl (C=O) groups excluding carboxylic acids is 1. The highest BCUT2D eigenvalue weighted by atomic mass is 16.2. The molecule has 4 heteroatoms. The lowest BCUT2D eigenvalue weighted by Gasteiger charge is -2.22. The first-order valence-corrected chi connectivity index (χ1v) is 7.37. The molecule has 0 saturated heterocycles. The molecular weight excluding hydrogens is 250 g/mol. The average molecular weight is 275 g/mol. The van der Waals surface area contributed by atoms with E-state index in [0.29, 0.717) is 19.1 Å². The molecule has 1 amide bonds. The van der Waals surface area contributed by atoms with E-state index in [2.05, 4.69) is 34.5 Å². The summed E-state index contributed by atoms with van der Waals surface area (Å²) in [6, 6.07) is 8.96. The van der Waals surface area contributed by atoms with Crippen LogP contribution in [0, 0.1) is 0 Å². The van der Waals surface area contributed by atoms with Crippen LogP contribution < -0.4 is 10.2 Å². The van der Waals surface area contributed by atoms with Crippen molar-refractivity contribution in [3.8, 4) is 0 Å². The lowest BCUT2D eigenvalue weighted by molar-refractivity contribution is -0.130. The Bertz CT molecular complexity index is 438. The Morgan fingerprint density at radius 2 is 1.90 bits per heavy atom. The molecule has 0 aliphatic heterocycles. The van der Waals surface area contributed by atoms with Crippen LogP contribution in [0.2, 0.25) is 0 Å². The van der Waals surface area contributed by atoms with Gasteiger partial charge in [-0.1, -0.05) is 12.1 Å². The van der Waals surface area contributed by atoms with Gasteiger partial charge in [0, 0.05) is 38.9 Å². The third-order valence-corrected chi connectivity index (χ3v) is 3.68. The lowest BCUT2D eigenvalue weighted by Crippen LogP contribution is -2.38. The van der Waals surface area contributed by atoms with Crippen LogP contribution in [0.25, 0.3) is 0 Å². The van der Waals surface area contributed by atoms with E-state index in [1.54, 1.807) is 0 Å². The van der Waals surface area contributed by atoms with E-state index >= 15 is 0 Å². The Morgan fingerprint density at radius 1 is 1.25 bits per heavy atom. The van der Waals surface area contributed by atoms with Crippen LogP contribution >= 0.6 is 0 Å². The van der Waals surface area contributed by atoms with Crippen molar-refractivity contribution in [1.82, 2.24) is 10.2 Å². The van der Waals surface area contributed by atoms with Gasteiger partial charge in [0.2, 0.25) is 5.91 Å². The minimum atomic E-state index is 0.191. The quantitative estimate of drug-likeness (QED) is 0.825. The van der Waals surface area contributed by atoms with Crippen LogP contribution in [0.4, 0.5) is 5.69 Å². The number of benzene rings is 1. The number of amides is 1. The van der Waals surface area contributed by atoms with Crippen LogP contribution in [-0.4, -0.2) is 44.0 Å². The SMILES string of the molecule is CCN(Cc1ccc(N(C)C)cc1)C(=O)CNC1CC1. The molecular formula is C16H25N3O. The summed E-state index contributed by atoms with van der Waals surface area (Å²) in [5, 5.41) is 3.28. The van der Waals surface area contributed by atoms with Gasteiger partial charge in [0.25, 0.3) is 0 Å². The Kier molecular flexibility index (Phi) is 5.01. The van der Waals surface area contributed by atoms with Gasteiger partial charge in [0.05, 0.1) is 6.54 Å². The third kappa shape index (κ3) is 4.23. The van der Waals surface area contributed by atoms with Crippen LogP contribution in [0.1, 0.15) is 25.3 Å². The summed E-state index contributed by atoms with van der Waals surface area (Å²) >= 11 is 0. The predicted molar refractivity (Wildman–Crippen MR) is 82.9 cm³/mol. The first-order chi connectivity index (χ1) is 9.60. The summed E-state index contributed by atoms with van der Waals surface area (Å²) in [4.78, 5) is 16.1. The Labute approximate surface area is 121 Å². The Hall–Kier alpha value is -1.55. The van der Waals surface area contributed by atoms with E-state index in [0.717, 1.165) is 6.54 Å². The maximum Gasteiger partial charge on any atom is 0.236 e. The second kappa shape index (κ2) is 6.75. The molecule has 1 fully saturated rings. The van der Waals surface area contributed by atoms with Gasteiger partial charge >= 0.3 is 0 Å². The predicted octanol–water partition coefficient (Wildman–Crippen LogP) is 1.85. The summed E-state index contributed by atoms with van der Waals surface area (Å²) in [6.45, 7) is 3.94. The van der Waals surface area contributed by atoms with Crippen LogP contribution in [-0.2, 0) is 11.3 Å². The first-order valence-electron chi connectivity index (χ1n) is 7.37. The molecule has 1 aromatic rings. The van der Waals surface area contributed by atoms with Crippen molar-refractivity contribution in [1.29, 1.82) is 0 Å².